The van der Waals surface area contributed by atoms with Crippen LogP contribution in [0, 0.1) is 11.3 Å². The molecule has 1 spiro atoms. The van der Waals surface area contributed by atoms with Crippen LogP contribution in [0.3, 0.4) is 0 Å². The second kappa shape index (κ2) is 6.01. The Labute approximate surface area is 131 Å². The number of hydrogen-bond acceptors (Lipinski definition) is 3. The monoisotopic (exact) mass is 304 g/mol. The maximum Gasteiger partial charge on any atom is 0.228 e. The molecule has 21 heavy (non-hydrogen) atoms. The van der Waals surface area contributed by atoms with Crippen LogP contribution in [0.5, 0.6) is 0 Å². The van der Waals surface area contributed by atoms with Gasteiger partial charge in [0.25, 0.3) is 0 Å². The first-order valence-corrected chi connectivity index (χ1v) is 8.76. The fraction of sp³-hybridized carbons (Fsp3) is 0.588. The van der Waals surface area contributed by atoms with Crippen LogP contribution in [0.4, 0.5) is 5.69 Å². The zero-order valence-corrected chi connectivity index (χ0v) is 13.6. The van der Waals surface area contributed by atoms with Crippen LogP contribution in [-0.2, 0) is 4.79 Å². The van der Waals surface area contributed by atoms with Crippen molar-refractivity contribution in [3.05, 3.63) is 24.3 Å². The summed E-state index contributed by atoms with van der Waals surface area (Å²) in [5.41, 5.74) is 1.27. The topological polar surface area (TPSA) is 41.1 Å². The summed E-state index contributed by atoms with van der Waals surface area (Å²) in [6, 6.07) is 8.13. The van der Waals surface area contributed by atoms with E-state index in [0.29, 0.717) is 10.7 Å². The Hall–Kier alpha value is -1.00. The Morgan fingerprint density at radius 1 is 1.33 bits per heavy atom. The van der Waals surface area contributed by atoms with Gasteiger partial charge in [0.2, 0.25) is 5.91 Å². The Morgan fingerprint density at radius 2 is 2.05 bits per heavy atom. The molecule has 3 nitrogen and oxygen atoms in total. The lowest BCUT2D eigenvalue weighted by atomic mass is 9.92. The van der Waals surface area contributed by atoms with Gasteiger partial charge < -0.3 is 10.6 Å². The van der Waals surface area contributed by atoms with Crippen LogP contribution in [0.1, 0.15) is 33.1 Å². The van der Waals surface area contributed by atoms with E-state index in [1.165, 1.54) is 4.90 Å². The number of nitrogens with one attached hydrogen (secondary N) is 2. The number of rotatable bonds is 4. The lowest BCUT2D eigenvalue weighted by Crippen LogP contribution is -2.31. The van der Waals surface area contributed by atoms with Gasteiger partial charge in [-0.1, -0.05) is 26.0 Å². The molecule has 2 aliphatic rings. The molecule has 1 aromatic carbocycles. The average Bonchev–Trinajstić information content (AvgIpc) is 3.15. The third-order valence-electron chi connectivity index (χ3n) is 4.61. The van der Waals surface area contributed by atoms with E-state index in [0.717, 1.165) is 38.0 Å². The smallest absolute Gasteiger partial charge is 0.228 e. The van der Waals surface area contributed by atoms with Crippen molar-refractivity contribution in [3.63, 3.8) is 0 Å². The van der Waals surface area contributed by atoms with Crippen LogP contribution in [0.15, 0.2) is 29.2 Å². The molecule has 1 aliphatic carbocycles. The quantitative estimate of drug-likeness (QED) is 0.836. The van der Waals surface area contributed by atoms with Crippen molar-refractivity contribution < 1.29 is 4.79 Å². The van der Waals surface area contributed by atoms with Crippen molar-refractivity contribution in [2.24, 2.45) is 11.3 Å². The number of anilines is 1. The lowest BCUT2D eigenvalue weighted by Gasteiger charge is -2.23. The molecular weight excluding hydrogens is 280 g/mol. The zero-order chi connectivity index (χ0) is 14.9. The largest absolute Gasteiger partial charge is 0.325 e. The Kier molecular flexibility index (Phi) is 4.27. The Balaban J connectivity index is 1.66. The molecule has 1 saturated carbocycles. The molecule has 1 aromatic rings. The SMILES string of the molecule is CC(C)Sc1ccccc1NC(=O)C1CC12CCNCC2. The predicted octanol–water partition coefficient (Wildman–Crippen LogP) is 3.52. The van der Waals surface area contributed by atoms with E-state index in [1.807, 2.05) is 18.2 Å². The third-order valence-corrected chi connectivity index (χ3v) is 5.69. The summed E-state index contributed by atoms with van der Waals surface area (Å²) in [6.07, 6.45) is 3.36. The van der Waals surface area contributed by atoms with Gasteiger partial charge in [-0.2, -0.15) is 0 Å². The minimum Gasteiger partial charge on any atom is -0.325 e. The Morgan fingerprint density at radius 3 is 2.76 bits per heavy atom. The van der Waals surface area contributed by atoms with E-state index in [1.54, 1.807) is 11.8 Å². The van der Waals surface area contributed by atoms with Crippen LogP contribution >= 0.6 is 11.8 Å². The van der Waals surface area contributed by atoms with Crippen LogP contribution in [0.2, 0.25) is 0 Å². The zero-order valence-electron chi connectivity index (χ0n) is 12.8. The maximum atomic E-state index is 12.5. The molecule has 1 atom stereocenters. The van der Waals surface area contributed by atoms with E-state index in [9.17, 15) is 4.79 Å². The number of para-hydroxylation sites is 1. The van der Waals surface area contributed by atoms with Crippen molar-refractivity contribution >= 4 is 23.4 Å². The van der Waals surface area contributed by atoms with E-state index >= 15 is 0 Å². The third kappa shape index (κ3) is 3.27. The van der Waals surface area contributed by atoms with E-state index in [4.69, 9.17) is 0 Å². The minimum atomic E-state index is 0.216. The highest BCUT2D eigenvalue weighted by Gasteiger charge is 2.57. The molecule has 1 amide bonds. The first-order valence-electron chi connectivity index (χ1n) is 7.88. The summed E-state index contributed by atoms with van der Waals surface area (Å²) < 4.78 is 0. The van der Waals surface area contributed by atoms with Gasteiger partial charge >= 0.3 is 0 Å². The standard InChI is InChI=1S/C17H24N2OS/c1-12(2)21-15-6-4-3-5-14(15)19-16(20)13-11-17(13)7-9-18-10-8-17/h3-6,12-13,18H,7-11H2,1-2H3,(H,19,20). The molecule has 0 aromatic heterocycles. The first kappa shape index (κ1) is 14.9. The molecule has 114 valence electrons. The van der Waals surface area contributed by atoms with Crippen molar-refractivity contribution in [3.8, 4) is 0 Å². The molecule has 1 saturated heterocycles. The van der Waals surface area contributed by atoms with E-state index in [2.05, 4.69) is 30.5 Å². The van der Waals surface area contributed by atoms with Crippen molar-refractivity contribution in [2.45, 2.75) is 43.3 Å². The second-order valence-electron chi connectivity index (χ2n) is 6.52. The number of piperidine rings is 1. The predicted molar refractivity (Wildman–Crippen MR) is 88.7 cm³/mol. The van der Waals surface area contributed by atoms with Gasteiger partial charge in [0.1, 0.15) is 0 Å². The maximum absolute atomic E-state index is 12.5. The summed E-state index contributed by atoms with van der Waals surface area (Å²) in [5.74, 6) is 0.436. The number of carbonyl (C=O) groups is 1. The van der Waals surface area contributed by atoms with Crippen molar-refractivity contribution in [1.29, 1.82) is 0 Å². The lowest BCUT2D eigenvalue weighted by molar-refractivity contribution is -0.118. The number of thioether (sulfide) groups is 1. The van der Waals surface area contributed by atoms with Crippen LogP contribution in [-0.4, -0.2) is 24.2 Å². The minimum absolute atomic E-state index is 0.216. The number of hydrogen-bond donors (Lipinski definition) is 2. The molecule has 0 radical (unpaired) electrons. The Bertz CT molecular complexity index is 523. The van der Waals surface area contributed by atoms with Gasteiger partial charge in [-0.25, -0.2) is 0 Å². The fourth-order valence-corrected chi connectivity index (χ4v) is 4.25. The summed E-state index contributed by atoms with van der Waals surface area (Å²) in [5, 5.41) is 7.07. The normalized spacial score (nSPS) is 23.3. The first-order chi connectivity index (χ1) is 10.1. The van der Waals surface area contributed by atoms with Crippen LogP contribution < -0.4 is 10.6 Å². The van der Waals surface area contributed by atoms with Gasteiger partial charge in [-0.15, -0.1) is 11.8 Å². The summed E-state index contributed by atoms with van der Waals surface area (Å²) in [4.78, 5) is 13.7. The summed E-state index contributed by atoms with van der Waals surface area (Å²) in [7, 11) is 0. The second-order valence-corrected chi connectivity index (χ2v) is 8.14. The summed E-state index contributed by atoms with van der Waals surface area (Å²) in [6.45, 7) is 6.47. The molecule has 2 N–H and O–H groups in total. The molecule has 3 rings (SSSR count). The fourth-order valence-electron chi connectivity index (χ4n) is 3.34. The van der Waals surface area contributed by atoms with Gasteiger partial charge in [-0.3, -0.25) is 4.79 Å². The number of carbonyl (C=O) groups excluding carboxylic acids is 1. The molecule has 1 heterocycles. The molecule has 2 fully saturated rings. The van der Waals surface area contributed by atoms with Gasteiger partial charge in [0, 0.05) is 16.1 Å². The molecule has 1 aliphatic heterocycles. The highest BCUT2D eigenvalue weighted by molar-refractivity contribution is 8.00. The van der Waals surface area contributed by atoms with E-state index in [-0.39, 0.29) is 11.8 Å². The highest BCUT2D eigenvalue weighted by Crippen LogP contribution is 2.58. The average molecular weight is 304 g/mol. The number of amides is 1. The highest BCUT2D eigenvalue weighted by atomic mass is 32.2. The molecule has 1 unspecified atom stereocenters. The van der Waals surface area contributed by atoms with E-state index < -0.39 is 0 Å². The summed E-state index contributed by atoms with van der Waals surface area (Å²) >= 11 is 1.80. The van der Waals surface area contributed by atoms with Crippen molar-refractivity contribution in [2.75, 3.05) is 18.4 Å². The molecule has 0 bridgehead atoms. The van der Waals surface area contributed by atoms with Crippen molar-refractivity contribution in [1.82, 2.24) is 5.32 Å². The van der Waals surface area contributed by atoms with Gasteiger partial charge in [0.05, 0.1) is 5.69 Å². The number of benzene rings is 1. The molecular formula is C17H24N2OS. The van der Waals surface area contributed by atoms with Gasteiger partial charge in [-0.05, 0) is 49.9 Å². The molecule has 4 heteroatoms. The van der Waals surface area contributed by atoms with Crippen LogP contribution in [0.25, 0.3) is 0 Å². The van der Waals surface area contributed by atoms with Gasteiger partial charge in [0.15, 0.2) is 0 Å².